The molecular formula is C28H20Cl2N4O4S. The maximum Gasteiger partial charge on any atom is 0.295 e. The number of anilines is 1. The number of azo groups is 1. The van der Waals surface area contributed by atoms with Crippen LogP contribution >= 0.6 is 23.2 Å². The van der Waals surface area contributed by atoms with Crippen LogP contribution < -0.4 is 4.72 Å². The van der Waals surface area contributed by atoms with Crippen molar-refractivity contribution in [2.24, 2.45) is 10.2 Å². The number of para-hydroxylation sites is 2. The molecule has 8 nitrogen and oxygen atoms in total. The van der Waals surface area contributed by atoms with Crippen molar-refractivity contribution in [3.63, 3.8) is 0 Å². The summed E-state index contributed by atoms with van der Waals surface area (Å²) in [5, 5.41) is 19.5. The summed E-state index contributed by atoms with van der Waals surface area (Å²) < 4.78 is 30.1. The van der Waals surface area contributed by atoms with Crippen LogP contribution in [0.5, 0.6) is 5.88 Å². The molecule has 0 unspecified atom stereocenters. The number of carbonyl (C=O) groups excluding carboxylic acids is 1. The fourth-order valence-electron chi connectivity index (χ4n) is 4.04. The molecule has 0 saturated heterocycles. The topological polar surface area (TPSA) is 113 Å². The first kappa shape index (κ1) is 26.4. The number of sulfonamides is 1. The van der Waals surface area contributed by atoms with Gasteiger partial charge in [-0.1, -0.05) is 83.9 Å². The monoisotopic (exact) mass is 578 g/mol. The Morgan fingerprint density at radius 1 is 0.872 bits per heavy atom. The number of amides is 1. The molecule has 0 atom stereocenters. The Balaban J connectivity index is 1.46. The second-order valence-electron chi connectivity index (χ2n) is 8.50. The van der Waals surface area contributed by atoms with Gasteiger partial charge in [-0.15, -0.1) is 10.2 Å². The van der Waals surface area contributed by atoms with Crippen LogP contribution in [-0.2, 0) is 16.6 Å². The van der Waals surface area contributed by atoms with Gasteiger partial charge >= 0.3 is 0 Å². The highest BCUT2D eigenvalue weighted by Crippen LogP contribution is 2.39. The minimum Gasteiger partial charge on any atom is -0.493 e. The lowest BCUT2D eigenvalue weighted by atomic mass is 10.2. The van der Waals surface area contributed by atoms with Crippen molar-refractivity contribution in [2.45, 2.75) is 11.4 Å². The Bertz CT molecular complexity index is 1840. The molecular weight excluding hydrogens is 559 g/mol. The van der Waals surface area contributed by atoms with E-state index < -0.39 is 15.9 Å². The molecule has 0 fully saturated rings. The van der Waals surface area contributed by atoms with E-state index in [0.717, 1.165) is 11.6 Å². The third-order valence-electron chi connectivity index (χ3n) is 5.93. The first-order chi connectivity index (χ1) is 18.7. The van der Waals surface area contributed by atoms with E-state index in [0.29, 0.717) is 17.4 Å². The van der Waals surface area contributed by atoms with E-state index in [2.05, 4.69) is 15.0 Å². The van der Waals surface area contributed by atoms with Crippen molar-refractivity contribution in [1.82, 2.24) is 4.57 Å². The van der Waals surface area contributed by atoms with Crippen LogP contribution in [0.2, 0.25) is 10.0 Å². The predicted molar refractivity (Wildman–Crippen MR) is 152 cm³/mol. The summed E-state index contributed by atoms with van der Waals surface area (Å²) in [6.07, 6.45) is 0. The van der Waals surface area contributed by atoms with Crippen molar-refractivity contribution in [2.75, 3.05) is 4.72 Å². The zero-order chi connectivity index (χ0) is 27.6. The molecule has 196 valence electrons. The zero-order valence-electron chi connectivity index (χ0n) is 20.1. The van der Waals surface area contributed by atoms with E-state index in [-0.39, 0.29) is 37.8 Å². The number of rotatable bonds is 7. The minimum absolute atomic E-state index is 0.0600. The van der Waals surface area contributed by atoms with Gasteiger partial charge in [-0.25, -0.2) is 8.42 Å². The van der Waals surface area contributed by atoms with E-state index in [1.54, 1.807) is 28.8 Å². The molecule has 11 heteroatoms. The number of hydrogen-bond acceptors (Lipinski definition) is 5. The van der Waals surface area contributed by atoms with Crippen molar-refractivity contribution in [3.8, 4) is 5.88 Å². The zero-order valence-corrected chi connectivity index (χ0v) is 22.5. The van der Waals surface area contributed by atoms with Crippen molar-refractivity contribution in [3.05, 3.63) is 118 Å². The Hall–Kier alpha value is -4.18. The average molecular weight is 579 g/mol. The molecule has 1 amide bonds. The van der Waals surface area contributed by atoms with Crippen LogP contribution in [0.25, 0.3) is 10.9 Å². The summed E-state index contributed by atoms with van der Waals surface area (Å²) in [6, 6.07) is 26.9. The second kappa shape index (κ2) is 10.9. The van der Waals surface area contributed by atoms with Crippen molar-refractivity contribution < 1.29 is 18.3 Å². The quantitative estimate of drug-likeness (QED) is 0.195. The lowest BCUT2D eigenvalue weighted by molar-refractivity contribution is 0.0995. The molecule has 0 spiro atoms. The summed E-state index contributed by atoms with van der Waals surface area (Å²) in [5.74, 6) is -0.972. The number of nitrogens with zero attached hydrogens (tertiary/aromatic N) is 3. The minimum atomic E-state index is -4.19. The molecule has 0 saturated carbocycles. The first-order valence-corrected chi connectivity index (χ1v) is 13.9. The number of fused-ring (bicyclic) bond motifs is 1. The third kappa shape index (κ3) is 5.51. The Kier molecular flexibility index (Phi) is 7.38. The van der Waals surface area contributed by atoms with Gasteiger partial charge < -0.3 is 9.67 Å². The smallest absolute Gasteiger partial charge is 0.295 e. The molecule has 0 aliphatic heterocycles. The van der Waals surface area contributed by atoms with Gasteiger partial charge in [0.25, 0.3) is 15.9 Å². The van der Waals surface area contributed by atoms with Gasteiger partial charge in [-0.05, 0) is 42.0 Å². The predicted octanol–water partition coefficient (Wildman–Crippen LogP) is 7.43. The van der Waals surface area contributed by atoms with Crippen LogP contribution in [0.1, 0.15) is 15.9 Å². The van der Waals surface area contributed by atoms with Crippen LogP contribution in [-0.4, -0.2) is 24.0 Å². The normalized spacial score (nSPS) is 11.7. The highest BCUT2D eigenvalue weighted by atomic mass is 35.5. The molecule has 39 heavy (non-hydrogen) atoms. The molecule has 2 N–H and O–H groups in total. The maximum absolute atomic E-state index is 13.0. The van der Waals surface area contributed by atoms with E-state index >= 15 is 0 Å². The molecule has 0 aliphatic carbocycles. The number of hydrogen-bond donors (Lipinski definition) is 2. The largest absolute Gasteiger partial charge is 0.493 e. The maximum atomic E-state index is 13.0. The van der Waals surface area contributed by atoms with E-state index in [4.69, 9.17) is 23.2 Å². The fraction of sp³-hybridized carbons (Fsp3) is 0.0357. The van der Waals surface area contributed by atoms with Gasteiger partial charge in [-0.2, -0.15) is 0 Å². The van der Waals surface area contributed by atoms with Gasteiger partial charge in [0.1, 0.15) is 4.90 Å². The standard InChI is InChI=1S/C28H20Cl2N4O4S/c29-21-11-5-6-12-23(21)33-39(37,38)25-16-19(14-15-22(25)30)27(35)32-31-26-20-10-4-7-13-24(20)34(28(26)36)17-18-8-2-1-3-9-18/h1-16,33,36H,17H2. The van der Waals surface area contributed by atoms with Gasteiger partial charge in [-0.3, -0.25) is 9.52 Å². The highest BCUT2D eigenvalue weighted by molar-refractivity contribution is 7.92. The third-order valence-corrected chi connectivity index (χ3v) is 8.10. The van der Waals surface area contributed by atoms with Crippen molar-refractivity contribution in [1.29, 1.82) is 0 Å². The van der Waals surface area contributed by atoms with E-state index in [9.17, 15) is 18.3 Å². The molecule has 5 aromatic rings. The van der Waals surface area contributed by atoms with Gasteiger partial charge in [0, 0.05) is 10.9 Å². The molecule has 1 aromatic heterocycles. The molecule has 1 heterocycles. The number of aromatic hydroxyl groups is 1. The SMILES string of the molecule is O=C(N=Nc1c(O)n(Cc2ccccc2)c2ccccc12)c1ccc(Cl)c(S(=O)(=O)Nc2ccccc2Cl)c1. The molecule has 0 aliphatic rings. The molecule has 5 rings (SSSR count). The summed E-state index contributed by atoms with van der Waals surface area (Å²) >= 11 is 12.2. The molecule has 0 bridgehead atoms. The fourth-order valence-corrected chi connectivity index (χ4v) is 5.88. The Labute approximate surface area is 234 Å². The van der Waals surface area contributed by atoms with E-state index in [1.807, 2.05) is 42.5 Å². The number of aromatic nitrogens is 1. The lowest BCUT2D eigenvalue weighted by Crippen LogP contribution is -2.14. The summed E-state index contributed by atoms with van der Waals surface area (Å²) in [5.41, 5.74) is 1.90. The van der Waals surface area contributed by atoms with Gasteiger partial charge in [0.05, 0.1) is 27.8 Å². The first-order valence-electron chi connectivity index (χ1n) is 11.6. The van der Waals surface area contributed by atoms with Crippen LogP contribution in [0.3, 0.4) is 0 Å². The number of carbonyl (C=O) groups is 1. The Morgan fingerprint density at radius 3 is 2.33 bits per heavy atom. The Morgan fingerprint density at radius 2 is 1.56 bits per heavy atom. The lowest BCUT2D eigenvalue weighted by Gasteiger charge is -2.11. The number of nitrogens with one attached hydrogen (secondary N) is 1. The van der Waals surface area contributed by atoms with Crippen molar-refractivity contribution >= 4 is 61.4 Å². The van der Waals surface area contributed by atoms with Crippen LogP contribution in [0, 0.1) is 0 Å². The van der Waals surface area contributed by atoms with Crippen LogP contribution in [0.4, 0.5) is 11.4 Å². The summed E-state index contributed by atoms with van der Waals surface area (Å²) in [7, 11) is -4.19. The number of halogens is 2. The molecule has 4 aromatic carbocycles. The van der Waals surface area contributed by atoms with Crippen LogP contribution in [0.15, 0.2) is 112 Å². The van der Waals surface area contributed by atoms with Gasteiger partial charge in [0.2, 0.25) is 5.88 Å². The summed E-state index contributed by atoms with van der Waals surface area (Å²) in [6.45, 7) is 0.382. The van der Waals surface area contributed by atoms with Gasteiger partial charge in [0.15, 0.2) is 5.69 Å². The average Bonchev–Trinajstić information content (AvgIpc) is 3.19. The highest BCUT2D eigenvalue weighted by Gasteiger charge is 2.22. The second-order valence-corrected chi connectivity index (χ2v) is 11.0. The number of benzene rings is 4. The molecule has 0 radical (unpaired) electrons. The summed E-state index contributed by atoms with van der Waals surface area (Å²) in [4.78, 5) is 12.6. The van der Waals surface area contributed by atoms with E-state index in [1.165, 1.54) is 24.3 Å².